The molecule has 0 spiro atoms. The van der Waals surface area contributed by atoms with Crippen molar-refractivity contribution in [1.29, 1.82) is 0 Å². The molecule has 0 aromatic heterocycles. The van der Waals surface area contributed by atoms with Gasteiger partial charge in [0.2, 0.25) is 17.7 Å². The van der Waals surface area contributed by atoms with Gasteiger partial charge in [0.25, 0.3) is 0 Å². The summed E-state index contributed by atoms with van der Waals surface area (Å²) in [5.74, 6) is -3.25. The first kappa shape index (κ1) is 29.9. The quantitative estimate of drug-likeness (QED) is 0.186. The van der Waals surface area contributed by atoms with Crippen molar-refractivity contribution in [1.82, 2.24) is 16.0 Å². The minimum absolute atomic E-state index is 0.00297. The molecule has 8 N–H and O–H groups in total. The Balaban J connectivity index is 2.85. The first-order valence-corrected chi connectivity index (χ1v) is 11.6. The maximum Gasteiger partial charge on any atom is 0.326 e. The van der Waals surface area contributed by atoms with Crippen molar-refractivity contribution in [2.45, 2.75) is 71.1 Å². The maximum atomic E-state index is 12.9. The number of carbonyl (C=O) groups is 4. The number of aliphatic carboxylic acids is 1. The molecule has 0 saturated heterocycles. The van der Waals surface area contributed by atoms with E-state index in [1.54, 1.807) is 26.0 Å². The van der Waals surface area contributed by atoms with Crippen LogP contribution in [0.25, 0.3) is 0 Å². The second kappa shape index (κ2) is 14.3. The van der Waals surface area contributed by atoms with E-state index in [9.17, 15) is 34.5 Å². The van der Waals surface area contributed by atoms with Crippen LogP contribution in [0.15, 0.2) is 24.3 Å². The highest BCUT2D eigenvalue weighted by Gasteiger charge is 2.30. The first-order chi connectivity index (χ1) is 16.3. The van der Waals surface area contributed by atoms with E-state index in [2.05, 4.69) is 16.0 Å². The minimum atomic E-state index is -1.39. The molecule has 0 bridgehead atoms. The number of hydrogen-bond donors (Lipinski definition) is 7. The van der Waals surface area contributed by atoms with Crippen LogP contribution in [0, 0.1) is 11.8 Å². The van der Waals surface area contributed by atoms with Gasteiger partial charge in [-0.15, -0.1) is 0 Å². The van der Waals surface area contributed by atoms with Gasteiger partial charge in [-0.3, -0.25) is 14.4 Å². The SMILES string of the molecule is CC(C)C[C@H](NC(=O)[C@H](CO)NC(=O)[C@H](CC(C)C)NC(=O)[C@@H](N)Cc1ccc(O)cc1)C(=O)O. The highest BCUT2D eigenvalue weighted by atomic mass is 16.4. The molecule has 1 rings (SSSR count). The summed E-state index contributed by atoms with van der Waals surface area (Å²) < 4.78 is 0. The maximum absolute atomic E-state index is 12.9. The fraction of sp³-hybridized carbons (Fsp3) is 0.583. The zero-order valence-electron chi connectivity index (χ0n) is 20.7. The van der Waals surface area contributed by atoms with E-state index in [0.717, 1.165) is 5.56 Å². The van der Waals surface area contributed by atoms with Crippen molar-refractivity contribution in [3.63, 3.8) is 0 Å². The third-order valence-electron chi connectivity index (χ3n) is 5.21. The molecule has 0 aliphatic heterocycles. The number of hydrogen-bond acceptors (Lipinski definition) is 7. The third-order valence-corrected chi connectivity index (χ3v) is 5.21. The number of benzene rings is 1. The largest absolute Gasteiger partial charge is 0.508 e. The lowest BCUT2D eigenvalue weighted by Gasteiger charge is -2.25. The second-order valence-corrected chi connectivity index (χ2v) is 9.44. The van der Waals surface area contributed by atoms with Crippen molar-refractivity contribution in [2.24, 2.45) is 17.6 Å². The molecule has 1 aromatic carbocycles. The zero-order valence-corrected chi connectivity index (χ0v) is 20.7. The Morgan fingerprint density at radius 3 is 1.74 bits per heavy atom. The normalized spacial score (nSPS) is 14.6. The van der Waals surface area contributed by atoms with Gasteiger partial charge in [-0.05, 0) is 48.8 Å². The molecule has 11 nitrogen and oxygen atoms in total. The summed E-state index contributed by atoms with van der Waals surface area (Å²) in [5, 5.41) is 35.7. The van der Waals surface area contributed by atoms with Gasteiger partial charge >= 0.3 is 5.97 Å². The van der Waals surface area contributed by atoms with Crippen LogP contribution < -0.4 is 21.7 Å². The molecule has 3 amide bonds. The average molecular weight is 495 g/mol. The van der Waals surface area contributed by atoms with Crippen molar-refractivity contribution in [3.8, 4) is 5.75 Å². The number of aliphatic hydroxyl groups excluding tert-OH is 1. The highest BCUT2D eigenvalue weighted by Crippen LogP contribution is 2.12. The molecule has 0 heterocycles. The van der Waals surface area contributed by atoms with Crippen molar-refractivity contribution in [3.05, 3.63) is 29.8 Å². The van der Waals surface area contributed by atoms with Gasteiger partial charge in [-0.2, -0.15) is 0 Å². The average Bonchev–Trinajstić information content (AvgIpc) is 2.76. The van der Waals surface area contributed by atoms with E-state index < -0.39 is 54.5 Å². The summed E-state index contributed by atoms with van der Waals surface area (Å²) in [7, 11) is 0. The van der Waals surface area contributed by atoms with Crippen molar-refractivity contribution >= 4 is 23.7 Å². The zero-order chi connectivity index (χ0) is 26.7. The smallest absolute Gasteiger partial charge is 0.326 e. The molecule has 0 aliphatic carbocycles. The van der Waals surface area contributed by atoms with Crippen LogP contribution >= 0.6 is 0 Å². The van der Waals surface area contributed by atoms with Crippen LogP contribution in [0.3, 0.4) is 0 Å². The first-order valence-electron chi connectivity index (χ1n) is 11.6. The molecule has 4 atom stereocenters. The lowest BCUT2D eigenvalue weighted by molar-refractivity contribution is -0.143. The van der Waals surface area contributed by atoms with Gasteiger partial charge in [-0.25, -0.2) is 4.79 Å². The number of nitrogens with two attached hydrogens (primary N) is 1. The summed E-state index contributed by atoms with van der Waals surface area (Å²) in [6, 6.07) is 1.67. The Hall–Kier alpha value is -3.18. The van der Waals surface area contributed by atoms with Crippen LogP contribution in [0.1, 0.15) is 46.1 Å². The van der Waals surface area contributed by atoms with E-state index in [-0.39, 0.29) is 36.8 Å². The highest BCUT2D eigenvalue weighted by molar-refractivity contribution is 5.94. The molecule has 0 unspecified atom stereocenters. The van der Waals surface area contributed by atoms with Crippen molar-refractivity contribution in [2.75, 3.05) is 6.61 Å². The Kier molecular flexibility index (Phi) is 12.2. The number of phenolic OH excluding ortho intramolecular Hbond substituents is 1. The fourth-order valence-corrected chi connectivity index (χ4v) is 3.39. The van der Waals surface area contributed by atoms with E-state index in [1.807, 2.05) is 13.8 Å². The Morgan fingerprint density at radius 2 is 1.26 bits per heavy atom. The summed E-state index contributed by atoms with van der Waals surface area (Å²) in [6.45, 7) is 6.55. The number of nitrogens with one attached hydrogen (secondary N) is 3. The summed E-state index contributed by atoms with van der Waals surface area (Å²) in [5.41, 5.74) is 6.72. The van der Waals surface area contributed by atoms with E-state index >= 15 is 0 Å². The van der Waals surface area contributed by atoms with E-state index in [4.69, 9.17) is 5.73 Å². The Morgan fingerprint density at radius 1 is 0.800 bits per heavy atom. The number of carboxylic acid groups (broad SMARTS) is 1. The molecular formula is C24H38N4O7. The van der Waals surface area contributed by atoms with Crippen molar-refractivity contribution < 1.29 is 34.5 Å². The van der Waals surface area contributed by atoms with Crippen LogP contribution in [0.2, 0.25) is 0 Å². The number of aromatic hydroxyl groups is 1. The third kappa shape index (κ3) is 10.7. The number of carbonyl (C=O) groups excluding carboxylic acids is 3. The van der Waals surface area contributed by atoms with Crippen LogP contribution in [0.4, 0.5) is 0 Å². The lowest BCUT2D eigenvalue weighted by Crippen LogP contribution is -2.58. The van der Waals surface area contributed by atoms with E-state index in [1.165, 1.54) is 12.1 Å². The molecule has 11 heteroatoms. The molecule has 0 fully saturated rings. The van der Waals surface area contributed by atoms with Gasteiger partial charge < -0.3 is 37.0 Å². The molecule has 0 radical (unpaired) electrons. The minimum Gasteiger partial charge on any atom is -0.508 e. The topological polar surface area (TPSA) is 191 Å². The standard InChI is InChI=1S/C24H38N4O7/c1-13(2)9-18(26-21(31)17(25)11-15-5-7-16(30)8-6-15)22(32)28-20(12-29)23(33)27-19(24(34)35)10-14(3)4/h5-8,13-14,17-20,29-30H,9-12,25H2,1-4H3,(H,26,31)(H,27,33)(H,28,32)(H,34,35)/t17-,18-,19-,20-/m0/s1. The molecule has 0 saturated carbocycles. The lowest BCUT2D eigenvalue weighted by atomic mass is 10.0. The van der Waals surface area contributed by atoms with E-state index in [0.29, 0.717) is 0 Å². The van der Waals surface area contributed by atoms with Gasteiger partial charge in [0.15, 0.2) is 0 Å². The Labute approximate surface area is 205 Å². The second-order valence-electron chi connectivity index (χ2n) is 9.44. The van der Waals surface area contributed by atoms with Gasteiger partial charge in [-0.1, -0.05) is 39.8 Å². The number of phenols is 1. The van der Waals surface area contributed by atoms with Gasteiger partial charge in [0.05, 0.1) is 12.6 Å². The summed E-state index contributed by atoms with van der Waals surface area (Å²) >= 11 is 0. The number of amides is 3. The van der Waals surface area contributed by atoms with Crippen LogP contribution in [0.5, 0.6) is 5.75 Å². The monoisotopic (exact) mass is 494 g/mol. The number of aliphatic hydroxyl groups is 1. The number of rotatable bonds is 14. The summed E-state index contributed by atoms with van der Waals surface area (Å²) in [4.78, 5) is 49.5. The summed E-state index contributed by atoms with van der Waals surface area (Å²) in [6.07, 6.45) is 0.600. The predicted octanol–water partition coefficient (Wildman–Crippen LogP) is -0.114. The molecule has 35 heavy (non-hydrogen) atoms. The van der Waals surface area contributed by atoms with Crippen LogP contribution in [-0.2, 0) is 25.6 Å². The Bertz CT molecular complexity index is 858. The van der Waals surface area contributed by atoms with Crippen LogP contribution in [-0.4, -0.2) is 69.8 Å². The predicted molar refractivity (Wildman–Crippen MR) is 129 cm³/mol. The van der Waals surface area contributed by atoms with Gasteiger partial charge in [0, 0.05) is 0 Å². The molecule has 1 aromatic rings. The molecular weight excluding hydrogens is 456 g/mol. The van der Waals surface area contributed by atoms with Gasteiger partial charge in [0.1, 0.15) is 23.9 Å². The number of carboxylic acids is 1. The molecule has 196 valence electrons. The fourth-order valence-electron chi connectivity index (χ4n) is 3.39. The molecule has 0 aliphatic rings.